The molecule has 6 heteroatoms. The highest BCUT2D eigenvalue weighted by molar-refractivity contribution is 6.22. The van der Waals surface area contributed by atoms with Gasteiger partial charge in [0, 0.05) is 17.3 Å². The summed E-state index contributed by atoms with van der Waals surface area (Å²) in [5.74, 6) is -0.612. The second-order valence-electron chi connectivity index (χ2n) is 9.03. The van der Waals surface area contributed by atoms with E-state index in [0.29, 0.717) is 16.8 Å². The number of anilines is 1. The molecular weight excluding hydrogens is 330 g/mol. The maximum absolute atomic E-state index is 12.4. The van der Waals surface area contributed by atoms with Crippen molar-refractivity contribution in [1.82, 2.24) is 10.2 Å². The van der Waals surface area contributed by atoms with Crippen LogP contribution in [0.2, 0.25) is 0 Å². The van der Waals surface area contributed by atoms with Crippen LogP contribution < -0.4 is 10.6 Å². The van der Waals surface area contributed by atoms with E-state index < -0.39 is 0 Å². The van der Waals surface area contributed by atoms with E-state index in [-0.39, 0.29) is 34.8 Å². The Labute approximate surface area is 155 Å². The Morgan fingerprint density at radius 2 is 1.62 bits per heavy atom. The minimum Gasteiger partial charge on any atom is -0.333 e. The quantitative estimate of drug-likeness (QED) is 0.797. The molecule has 1 heterocycles. The maximum Gasteiger partial charge on any atom is 0.319 e. The fourth-order valence-electron chi connectivity index (χ4n) is 3.65. The fraction of sp³-hybridized carbons (Fsp3) is 0.550. The Hall–Kier alpha value is -2.37. The molecular formula is C20H29N3O3. The van der Waals surface area contributed by atoms with Crippen molar-refractivity contribution < 1.29 is 14.4 Å². The number of benzene rings is 1. The Morgan fingerprint density at radius 3 is 2.15 bits per heavy atom. The van der Waals surface area contributed by atoms with Crippen LogP contribution >= 0.6 is 0 Å². The number of hydrogen-bond acceptors (Lipinski definition) is 3. The molecule has 0 atom stereocenters. The molecule has 0 radical (unpaired) electrons. The summed E-state index contributed by atoms with van der Waals surface area (Å²) in [5, 5.41) is 5.72. The summed E-state index contributed by atoms with van der Waals surface area (Å²) in [4.78, 5) is 38.3. The minimum absolute atomic E-state index is 0.0808. The smallest absolute Gasteiger partial charge is 0.319 e. The van der Waals surface area contributed by atoms with E-state index in [1.807, 2.05) is 13.8 Å². The van der Waals surface area contributed by atoms with Gasteiger partial charge in [-0.15, -0.1) is 0 Å². The molecule has 0 spiro atoms. The van der Waals surface area contributed by atoms with Crippen LogP contribution in [-0.2, 0) is 0 Å². The summed E-state index contributed by atoms with van der Waals surface area (Å²) in [6, 6.07) is 4.25. The molecule has 4 amide bonds. The first-order chi connectivity index (χ1) is 11.8. The van der Waals surface area contributed by atoms with Crippen LogP contribution in [0.15, 0.2) is 18.2 Å². The molecule has 1 aromatic rings. The summed E-state index contributed by atoms with van der Waals surface area (Å²) in [7, 11) is 0. The summed E-state index contributed by atoms with van der Waals surface area (Å²) >= 11 is 0. The first-order valence-electron chi connectivity index (χ1n) is 8.92. The van der Waals surface area contributed by atoms with E-state index in [0.717, 1.165) is 6.42 Å². The van der Waals surface area contributed by atoms with Crippen LogP contribution in [-0.4, -0.2) is 34.3 Å². The highest BCUT2D eigenvalue weighted by Gasteiger charge is 2.37. The van der Waals surface area contributed by atoms with Gasteiger partial charge in [0.1, 0.15) is 0 Å². The lowest BCUT2D eigenvalue weighted by Gasteiger charge is -2.33. The van der Waals surface area contributed by atoms with Crippen molar-refractivity contribution in [3.8, 4) is 0 Å². The van der Waals surface area contributed by atoms with Crippen molar-refractivity contribution in [2.24, 2.45) is 5.41 Å². The lowest BCUT2D eigenvalue weighted by Crippen LogP contribution is -2.47. The van der Waals surface area contributed by atoms with E-state index in [1.54, 1.807) is 32.0 Å². The van der Waals surface area contributed by atoms with Gasteiger partial charge in [-0.25, -0.2) is 4.79 Å². The Balaban J connectivity index is 2.12. The molecule has 2 N–H and O–H groups in total. The SMILES string of the molecule is CC(C)N1C(=O)c2ccc(NC(=O)NC(C)(C)CC(C)(C)C)cc2C1=O. The van der Waals surface area contributed by atoms with Gasteiger partial charge in [0.25, 0.3) is 11.8 Å². The molecule has 1 aliphatic rings. The summed E-state index contributed by atoms with van der Waals surface area (Å²) in [6.45, 7) is 13.9. The molecule has 142 valence electrons. The zero-order valence-electron chi connectivity index (χ0n) is 16.7. The van der Waals surface area contributed by atoms with Crippen LogP contribution in [0.1, 0.15) is 75.6 Å². The number of hydrogen-bond donors (Lipinski definition) is 2. The van der Waals surface area contributed by atoms with E-state index in [4.69, 9.17) is 0 Å². The van der Waals surface area contributed by atoms with Gasteiger partial charge >= 0.3 is 6.03 Å². The fourth-order valence-corrected chi connectivity index (χ4v) is 3.65. The highest BCUT2D eigenvalue weighted by Crippen LogP contribution is 2.28. The van der Waals surface area contributed by atoms with Gasteiger partial charge in [0.05, 0.1) is 11.1 Å². The zero-order chi connectivity index (χ0) is 19.9. The molecule has 0 fully saturated rings. The van der Waals surface area contributed by atoms with Gasteiger partial charge in [-0.05, 0) is 57.7 Å². The van der Waals surface area contributed by atoms with E-state index >= 15 is 0 Å². The number of rotatable bonds is 4. The third-order valence-electron chi connectivity index (χ3n) is 4.12. The summed E-state index contributed by atoms with van der Waals surface area (Å²) < 4.78 is 0. The molecule has 1 aromatic carbocycles. The normalized spacial score (nSPS) is 14.7. The second kappa shape index (κ2) is 6.74. The first-order valence-corrected chi connectivity index (χ1v) is 8.92. The predicted molar refractivity (Wildman–Crippen MR) is 102 cm³/mol. The average molecular weight is 359 g/mol. The molecule has 0 saturated heterocycles. The minimum atomic E-state index is -0.376. The summed E-state index contributed by atoms with van der Waals surface area (Å²) in [6.07, 6.45) is 0.813. The molecule has 2 rings (SSSR count). The van der Waals surface area contributed by atoms with Crippen LogP contribution in [0.25, 0.3) is 0 Å². The first kappa shape index (κ1) is 19.9. The van der Waals surface area contributed by atoms with Crippen LogP contribution in [0.5, 0.6) is 0 Å². The van der Waals surface area contributed by atoms with Crippen molar-refractivity contribution in [2.45, 2.75) is 66.5 Å². The van der Waals surface area contributed by atoms with Crippen LogP contribution in [0.3, 0.4) is 0 Å². The van der Waals surface area contributed by atoms with Gasteiger partial charge in [0.15, 0.2) is 0 Å². The number of imide groups is 1. The maximum atomic E-state index is 12.4. The number of nitrogens with zero attached hydrogens (tertiary/aromatic N) is 1. The summed E-state index contributed by atoms with van der Waals surface area (Å²) in [5.41, 5.74) is 0.897. The lowest BCUT2D eigenvalue weighted by atomic mass is 9.82. The Kier molecular flexibility index (Phi) is 5.17. The van der Waals surface area contributed by atoms with Crippen LogP contribution in [0, 0.1) is 5.41 Å². The number of fused-ring (bicyclic) bond motifs is 1. The van der Waals surface area contributed by atoms with E-state index in [1.165, 1.54) is 4.90 Å². The van der Waals surface area contributed by atoms with Gasteiger partial charge in [-0.2, -0.15) is 0 Å². The monoisotopic (exact) mass is 359 g/mol. The molecule has 0 aliphatic carbocycles. The van der Waals surface area contributed by atoms with Gasteiger partial charge in [-0.1, -0.05) is 20.8 Å². The van der Waals surface area contributed by atoms with Gasteiger partial charge in [0.2, 0.25) is 0 Å². The predicted octanol–water partition coefficient (Wildman–Crippen LogP) is 4.03. The molecule has 0 saturated carbocycles. The average Bonchev–Trinajstić information content (AvgIpc) is 2.66. The van der Waals surface area contributed by atoms with E-state index in [9.17, 15) is 14.4 Å². The molecule has 26 heavy (non-hydrogen) atoms. The Morgan fingerprint density at radius 1 is 1.04 bits per heavy atom. The van der Waals surface area contributed by atoms with Crippen molar-refractivity contribution in [3.63, 3.8) is 0 Å². The number of carbonyl (C=O) groups is 3. The molecule has 0 bridgehead atoms. The standard InChI is InChI=1S/C20H29N3O3/c1-12(2)23-16(24)14-9-8-13(10-15(14)17(23)25)21-18(26)22-20(6,7)11-19(3,4)5/h8-10,12H,11H2,1-7H3,(H2,21,22,26). The molecule has 6 nitrogen and oxygen atoms in total. The van der Waals surface area contributed by atoms with Gasteiger partial charge in [-0.3, -0.25) is 14.5 Å². The number of carbonyl (C=O) groups excluding carboxylic acids is 3. The third kappa shape index (κ3) is 4.42. The lowest BCUT2D eigenvalue weighted by molar-refractivity contribution is 0.0609. The largest absolute Gasteiger partial charge is 0.333 e. The van der Waals surface area contributed by atoms with Crippen molar-refractivity contribution in [1.29, 1.82) is 0 Å². The van der Waals surface area contributed by atoms with Crippen LogP contribution in [0.4, 0.5) is 10.5 Å². The molecule has 1 aliphatic heterocycles. The number of nitrogens with one attached hydrogen (secondary N) is 2. The third-order valence-corrected chi connectivity index (χ3v) is 4.12. The van der Waals surface area contributed by atoms with Crippen molar-refractivity contribution in [3.05, 3.63) is 29.3 Å². The Bertz CT molecular complexity index is 745. The van der Waals surface area contributed by atoms with Crippen molar-refractivity contribution >= 4 is 23.5 Å². The topological polar surface area (TPSA) is 78.5 Å². The number of amides is 4. The molecule has 0 aromatic heterocycles. The number of urea groups is 1. The van der Waals surface area contributed by atoms with E-state index in [2.05, 4.69) is 31.4 Å². The van der Waals surface area contributed by atoms with Gasteiger partial charge < -0.3 is 10.6 Å². The molecule has 0 unspecified atom stereocenters. The van der Waals surface area contributed by atoms with Crippen molar-refractivity contribution in [2.75, 3.05) is 5.32 Å². The zero-order valence-corrected chi connectivity index (χ0v) is 16.7. The highest BCUT2D eigenvalue weighted by atomic mass is 16.2. The second-order valence-corrected chi connectivity index (χ2v) is 9.03.